The van der Waals surface area contributed by atoms with E-state index in [0.29, 0.717) is 6.42 Å². The lowest BCUT2D eigenvalue weighted by Crippen LogP contribution is -2.53. The molecule has 0 aromatic rings. The predicted molar refractivity (Wildman–Crippen MR) is 47.3 cm³/mol. The zero-order valence-electron chi connectivity index (χ0n) is 7.36. The molecule has 0 radical (unpaired) electrons. The van der Waals surface area contributed by atoms with Crippen molar-refractivity contribution in [1.29, 1.82) is 0 Å². The Labute approximate surface area is 77.1 Å². The first-order valence-electron chi connectivity index (χ1n) is 4.15. The Morgan fingerprint density at radius 3 is 2.62 bits per heavy atom. The fraction of sp³-hybridized carbons (Fsp3) is 0.857. The quantitative estimate of drug-likeness (QED) is 0.621. The van der Waals surface area contributed by atoms with Crippen LogP contribution in [-0.4, -0.2) is 43.1 Å². The van der Waals surface area contributed by atoms with Crippen LogP contribution in [0.5, 0.6) is 0 Å². The molecule has 1 heterocycles. The third-order valence-electron chi connectivity index (χ3n) is 2.25. The molecule has 2 unspecified atom stereocenters. The van der Waals surface area contributed by atoms with Gasteiger partial charge in [-0.1, -0.05) is 6.92 Å². The number of rotatable bonds is 2. The Morgan fingerprint density at radius 2 is 2.23 bits per heavy atom. The Bertz CT molecular complexity index is 298. The number of carboxylic acid groups (broad SMARTS) is 1. The molecule has 0 amide bonds. The van der Waals surface area contributed by atoms with Gasteiger partial charge in [-0.3, -0.25) is 4.79 Å². The van der Waals surface area contributed by atoms with Gasteiger partial charge in [0, 0.05) is 6.54 Å². The molecule has 76 valence electrons. The van der Waals surface area contributed by atoms with Gasteiger partial charge in [0.25, 0.3) is 0 Å². The number of hydrogen-bond donors (Lipinski definition) is 2. The van der Waals surface area contributed by atoms with E-state index < -0.39 is 27.1 Å². The average molecular weight is 207 g/mol. The third-order valence-corrected chi connectivity index (χ3v) is 4.57. The van der Waals surface area contributed by atoms with E-state index in [-0.39, 0.29) is 12.3 Å². The van der Waals surface area contributed by atoms with E-state index in [1.54, 1.807) is 6.92 Å². The van der Waals surface area contributed by atoms with Gasteiger partial charge in [0.2, 0.25) is 0 Å². The van der Waals surface area contributed by atoms with E-state index in [4.69, 9.17) is 5.11 Å². The van der Waals surface area contributed by atoms with Gasteiger partial charge in [-0.05, 0) is 6.42 Å². The van der Waals surface area contributed by atoms with E-state index in [9.17, 15) is 13.2 Å². The van der Waals surface area contributed by atoms with Crippen molar-refractivity contribution in [1.82, 2.24) is 5.32 Å². The molecule has 1 rings (SSSR count). The third kappa shape index (κ3) is 2.19. The van der Waals surface area contributed by atoms with Crippen LogP contribution in [0.2, 0.25) is 0 Å². The Kier molecular flexibility index (Phi) is 2.92. The summed E-state index contributed by atoms with van der Waals surface area (Å²) in [6, 6.07) is -0.937. The number of carbonyl (C=O) groups is 1. The molecule has 0 spiro atoms. The zero-order chi connectivity index (χ0) is 10.1. The summed E-state index contributed by atoms with van der Waals surface area (Å²) in [6.07, 6.45) is 0.529. The molecule has 0 aromatic carbocycles. The minimum atomic E-state index is -3.21. The summed E-state index contributed by atoms with van der Waals surface area (Å²) in [7, 11) is -3.21. The summed E-state index contributed by atoms with van der Waals surface area (Å²) in [6.45, 7) is 2.03. The number of carboxylic acids is 1. The van der Waals surface area contributed by atoms with E-state index in [1.165, 1.54) is 0 Å². The lowest BCUT2D eigenvalue weighted by molar-refractivity contribution is -0.138. The van der Waals surface area contributed by atoms with Crippen LogP contribution >= 0.6 is 0 Å². The molecule has 0 aromatic heterocycles. The highest BCUT2D eigenvalue weighted by Gasteiger charge is 2.35. The second-order valence-electron chi connectivity index (χ2n) is 3.16. The van der Waals surface area contributed by atoms with Gasteiger partial charge < -0.3 is 10.4 Å². The molecule has 5 nitrogen and oxygen atoms in total. The summed E-state index contributed by atoms with van der Waals surface area (Å²) in [5, 5.41) is 10.9. The number of nitrogens with one attached hydrogen (secondary N) is 1. The van der Waals surface area contributed by atoms with E-state index in [0.717, 1.165) is 0 Å². The first-order chi connectivity index (χ1) is 5.97. The van der Waals surface area contributed by atoms with Gasteiger partial charge in [-0.25, -0.2) is 8.42 Å². The van der Waals surface area contributed by atoms with Gasteiger partial charge in [0.1, 0.15) is 6.04 Å². The molecule has 1 aliphatic heterocycles. The van der Waals surface area contributed by atoms with Crippen molar-refractivity contribution >= 4 is 15.8 Å². The van der Waals surface area contributed by atoms with Crippen molar-refractivity contribution < 1.29 is 18.3 Å². The second-order valence-corrected chi connectivity index (χ2v) is 5.48. The molecule has 0 saturated carbocycles. The highest BCUT2D eigenvalue weighted by atomic mass is 32.2. The van der Waals surface area contributed by atoms with E-state index >= 15 is 0 Å². The average Bonchev–Trinajstić information content (AvgIpc) is 2.02. The molecule has 6 heteroatoms. The van der Waals surface area contributed by atoms with Crippen LogP contribution < -0.4 is 5.32 Å². The molecule has 2 atom stereocenters. The number of aliphatic carboxylic acids is 1. The van der Waals surface area contributed by atoms with Gasteiger partial charge in [-0.2, -0.15) is 0 Å². The molecule has 0 bridgehead atoms. The minimum Gasteiger partial charge on any atom is -0.480 e. The molecule has 13 heavy (non-hydrogen) atoms. The van der Waals surface area contributed by atoms with Crippen molar-refractivity contribution in [3.63, 3.8) is 0 Å². The van der Waals surface area contributed by atoms with Crippen LogP contribution in [0.15, 0.2) is 0 Å². The lowest BCUT2D eigenvalue weighted by Gasteiger charge is -2.26. The van der Waals surface area contributed by atoms with Crippen molar-refractivity contribution in [3.05, 3.63) is 0 Å². The topological polar surface area (TPSA) is 83.5 Å². The summed E-state index contributed by atoms with van der Waals surface area (Å²) < 4.78 is 22.8. The normalized spacial score (nSPS) is 32.7. The largest absolute Gasteiger partial charge is 0.480 e. The number of hydrogen-bond acceptors (Lipinski definition) is 4. The van der Waals surface area contributed by atoms with Crippen molar-refractivity contribution in [2.75, 3.05) is 12.3 Å². The predicted octanol–water partition coefficient (Wildman–Crippen LogP) is -0.764. The van der Waals surface area contributed by atoms with Crippen LogP contribution in [-0.2, 0) is 14.6 Å². The van der Waals surface area contributed by atoms with Crippen LogP contribution in [0, 0.1) is 0 Å². The monoisotopic (exact) mass is 207 g/mol. The smallest absolute Gasteiger partial charge is 0.321 e. The maximum atomic E-state index is 11.4. The van der Waals surface area contributed by atoms with Crippen LogP contribution in [0.3, 0.4) is 0 Å². The van der Waals surface area contributed by atoms with Gasteiger partial charge in [-0.15, -0.1) is 0 Å². The van der Waals surface area contributed by atoms with Gasteiger partial charge in [0.15, 0.2) is 9.84 Å². The second kappa shape index (κ2) is 3.63. The lowest BCUT2D eigenvalue weighted by atomic mass is 10.2. The SMILES string of the molecule is CCC1CNC(C(=O)O)CS1(=O)=O. The molecule has 1 fully saturated rings. The summed E-state index contributed by atoms with van der Waals surface area (Å²) >= 11 is 0. The molecular weight excluding hydrogens is 194 g/mol. The highest BCUT2D eigenvalue weighted by Crippen LogP contribution is 2.12. The first-order valence-corrected chi connectivity index (χ1v) is 5.86. The number of sulfone groups is 1. The van der Waals surface area contributed by atoms with Crippen LogP contribution in [0.25, 0.3) is 0 Å². The van der Waals surface area contributed by atoms with Crippen LogP contribution in [0.4, 0.5) is 0 Å². The van der Waals surface area contributed by atoms with E-state index in [1.807, 2.05) is 0 Å². The van der Waals surface area contributed by atoms with Crippen LogP contribution in [0.1, 0.15) is 13.3 Å². The van der Waals surface area contributed by atoms with E-state index in [2.05, 4.69) is 5.32 Å². The molecule has 2 N–H and O–H groups in total. The highest BCUT2D eigenvalue weighted by molar-refractivity contribution is 7.92. The van der Waals surface area contributed by atoms with Crippen molar-refractivity contribution in [2.24, 2.45) is 0 Å². The first kappa shape index (κ1) is 10.5. The molecule has 1 saturated heterocycles. The maximum absolute atomic E-state index is 11.4. The van der Waals surface area contributed by atoms with Crippen molar-refractivity contribution in [2.45, 2.75) is 24.6 Å². The maximum Gasteiger partial charge on any atom is 0.321 e. The Morgan fingerprint density at radius 1 is 1.62 bits per heavy atom. The fourth-order valence-electron chi connectivity index (χ4n) is 1.38. The van der Waals surface area contributed by atoms with Crippen molar-refractivity contribution in [3.8, 4) is 0 Å². The minimum absolute atomic E-state index is 0.246. The molecular formula is C7H13NO4S. The standard InChI is InChI=1S/C7H13NO4S/c1-2-5-3-8-6(7(9)10)4-13(5,11)12/h5-6,8H,2-4H2,1H3,(H,9,10). The zero-order valence-corrected chi connectivity index (χ0v) is 8.17. The molecule has 0 aliphatic carbocycles. The van der Waals surface area contributed by atoms with Gasteiger partial charge >= 0.3 is 5.97 Å². The fourth-order valence-corrected chi connectivity index (χ4v) is 3.24. The molecule has 1 aliphatic rings. The summed E-state index contributed by atoms with van der Waals surface area (Å²) in [4.78, 5) is 10.5. The summed E-state index contributed by atoms with van der Waals surface area (Å²) in [5.74, 6) is -1.39. The Balaban J connectivity index is 2.76. The Hall–Kier alpha value is -0.620. The van der Waals surface area contributed by atoms with Gasteiger partial charge in [0.05, 0.1) is 11.0 Å². The summed E-state index contributed by atoms with van der Waals surface area (Å²) in [5.41, 5.74) is 0.